The summed E-state index contributed by atoms with van der Waals surface area (Å²) < 4.78 is 51.2. The van der Waals surface area contributed by atoms with Gasteiger partial charge in [-0.15, -0.1) is 0 Å². The van der Waals surface area contributed by atoms with Gasteiger partial charge in [-0.25, -0.2) is 4.98 Å². The summed E-state index contributed by atoms with van der Waals surface area (Å²) in [5.74, 6) is -1.54. The number of nitriles is 1. The van der Waals surface area contributed by atoms with E-state index in [4.69, 9.17) is 5.26 Å². The van der Waals surface area contributed by atoms with Crippen molar-refractivity contribution >= 4 is 22.4 Å². The van der Waals surface area contributed by atoms with E-state index >= 15 is 0 Å². The summed E-state index contributed by atoms with van der Waals surface area (Å²) in [6.07, 6.45) is -3.38. The van der Waals surface area contributed by atoms with Crippen LogP contribution < -0.4 is 5.32 Å². The Kier molecular flexibility index (Phi) is 5.98. The zero-order valence-corrected chi connectivity index (χ0v) is 14.8. The predicted molar refractivity (Wildman–Crippen MR) is 90.9 cm³/mol. The fourth-order valence-corrected chi connectivity index (χ4v) is 3.29. The van der Waals surface area contributed by atoms with Crippen LogP contribution in [0.25, 0.3) is 0 Å². The highest BCUT2D eigenvalue weighted by atomic mass is 32.2. The lowest BCUT2D eigenvalue weighted by molar-refractivity contribution is -0.137. The molecule has 0 saturated heterocycles. The zero-order chi connectivity index (χ0) is 20.2. The van der Waals surface area contributed by atoms with E-state index in [0.717, 1.165) is 19.1 Å². The van der Waals surface area contributed by atoms with Gasteiger partial charge in [0, 0.05) is 11.9 Å². The van der Waals surface area contributed by atoms with Crippen molar-refractivity contribution in [3.63, 3.8) is 0 Å². The van der Waals surface area contributed by atoms with Gasteiger partial charge in [0.25, 0.3) is 5.91 Å². The van der Waals surface area contributed by atoms with Crippen molar-refractivity contribution in [1.82, 2.24) is 4.98 Å². The van der Waals surface area contributed by atoms with Crippen LogP contribution in [0.15, 0.2) is 47.6 Å². The largest absolute Gasteiger partial charge is 0.417 e. The number of benzene rings is 1. The van der Waals surface area contributed by atoms with Gasteiger partial charge in [-0.2, -0.15) is 18.4 Å². The topological polar surface area (TPSA) is 103 Å². The molecule has 0 bridgehead atoms. The van der Waals surface area contributed by atoms with Crippen molar-refractivity contribution in [2.75, 3.05) is 11.1 Å². The lowest BCUT2D eigenvalue weighted by atomic mass is 10.1. The van der Waals surface area contributed by atoms with Gasteiger partial charge in [0.05, 0.1) is 33.7 Å². The van der Waals surface area contributed by atoms with Crippen LogP contribution in [0.1, 0.15) is 18.1 Å². The lowest BCUT2D eigenvalue weighted by Crippen LogP contribution is -2.44. The SMILES string of the molecule is CC(O)(CS(=O)c1ccccn1)C(=O)Nc1ccc(C#N)c(C(F)(F)F)c1. The number of nitrogens with one attached hydrogen (secondary N) is 1. The number of alkyl halides is 3. The van der Waals surface area contributed by atoms with Gasteiger partial charge in [0.1, 0.15) is 5.03 Å². The summed E-state index contributed by atoms with van der Waals surface area (Å²) in [5.41, 5.74) is -4.19. The minimum atomic E-state index is -4.78. The molecule has 6 nitrogen and oxygen atoms in total. The third-order valence-corrected chi connectivity index (χ3v) is 5.01. The molecule has 0 radical (unpaired) electrons. The quantitative estimate of drug-likeness (QED) is 0.807. The lowest BCUT2D eigenvalue weighted by Gasteiger charge is -2.22. The number of hydrogen-bond acceptors (Lipinski definition) is 5. The molecule has 2 atom stereocenters. The second-order valence-corrected chi connectivity index (χ2v) is 7.15. The molecule has 0 spiro atoms. The van der Waals surface area contributed by atoms with E-state index in [1.165, 1.54) is 18.3 Å². The minimum Gasteiger partial charge on any atom is -0.379 e. The first kappa shape index (κ1) is 20.5. The monoisotopic (exact) mass is 397 g/mol. The molecule has 27 heavy (non-hydrogen) atoms. The molecule has 1 heterocycles. The van der Waals surface area contributed by atoms with Crippen LogP contribution in [0.2, 0.25) is 0 Å². The number of aliphatic hydroxyl groups is 1. The normalized spacial score (nSPS) is 14.7. The Balaban J connectivity index is 2.18. The number of pyridine rings is 1. The zero-order valence-electron chi connectivity index (χ0n) is 13.9. The van der Waals surface area contributed by atoms with Crippen molar-refractivity contribution in [3.05, 3.63) is 53.7 Å². The van der Waals surface area contributed by atoms with Crippen LogP contribution in [0.4, 0.5) is 18.9 Å². The third kappa shape index (κ3) is 5.12. The number of hydrogen-bond donors (Lipinski definition) is 2. The highest BCUT2D eigenvalue weighted by Gasteiger charge is 2.36. The van der Waals surface area contributed by atoms with E-state index in [-0.39, 0.29) is 10.7 Å². The van der Waals surface area contributed by atoms with Crippen molar-refractivity contribution < 1.29 is 27.3 Å². The van der Waals surface area contributed by atoms with E-state index in [1.54, 1.807) is 12.1 Å². The molecule has 0 fully saturated rings. The fraction of sp³-hybridized carbons (Fsp3) is 0.235. The molecule has 2 unspecified atom stereocenters. The first-order valence-electron chi connectivity index (χ1n) is 7.49. The van der Waals surface area contributed by atoms with Crippen LogP contribution in [0.3, 0.4) is 0 Å². The Hall–Kier alpha value is -2.77. The molecular formula is C17H14F3N3O3S. The van der Waals surface area contributed by atoms with Gasteiger partial charge in [-0.3, -0.25) is 9.00 Å². The molecule has 1 aromatic heterocycles. The van der Waals surface area contributed by atoms with Crippen LogP contribution in [-0.4, -0.2) is 31.6 Å². The Morgan fingerprint density at radius 1 is 1.33 bits per heavy atom. The first-order chi connectivity index (χ1) is 12.5. The van der Waals surface area contributed by atoms with Gasteiger partial charge in [-0.1, -0.05) is 6.07 Å². The summed E-state index contributed by atoms with van der Waals surface area (Å²) in [7, 11) is -1.80. The van der Waals surface area contributed by atoms with Gasteiger partial charge < -0.3 is 10.4 Å². The van der Waals surface area contributed by atoms with Crippen molar-refractivity contribution in [3.8, 4) is 6.07 Å². The molecular weight excluding hydrogens is 383 g/mol. The maximum atomic E-state index is 13.0. The number of rotatable bonds is 5. The minimum absolute atomic E-state index is 0.156. The summed E-state index contributed by atoms with van der Waals surface area (Å²) in [5, 5.41) is 21.4. The summed E-state index contributed by atoms with van der Waals surface area (Å²) in [6, 6.07) is 8.70. The van der Waals surface area contributed by atoms with Crippen LogP contribution in [-0.2, 0) is 21.8 Å². The van der Waals surface area contributed by atoms with Crippen LogP contribution in [0.5, 0.6) is 0 Å². The molecule has 2 N–H and O–H groups in total. The first-order valence-corrected chi connectivity index (χ1v) is 8.81. The highest BCUT2D eigenvalue weighted by molar-refractivity contribution is 7.85. The number of amides is 1. The number of aromatic nitrogens is 1. The smallest absolute Gasteiger partial charge is 0.379 e. The number of halogens is 3. The van der Waals surface area contributed by atoms with Gasteiger partial charge in [-0.05, 0) is 37.3 Å². The molecule has 142 valence electrons. The molecule has 0 aliphatic heterocycles. The average molecular weight is 397 g/mol. The third-order valence-electron chi connectivity index (χ3n) is 3.48. The predicted octanol–water partition coefficient (Wildman–Crippen LogP) is 2.47. The summed E-state index contributed by atoms with van der Waals surface area (Å²) >= 11 is 0. The van der Waals surface area contributed by atoms with Gasteiger partial charge in [0.15, 0.2) is 5.60 Å². The van der Waals surface area contributed by atoms with E-state index in [1.807, 2.05) is 0 Å². The summed E-state index contributed by atoms with van der Waals surface area (Å²) in [4.78, 5) is 16.1. The Bertz CT molecular complexity index is 909. The second-order valence-electron chi connectivity index (χ2n) is 5.76. The standard InChI is InChI=1S/C17H14F3N3O3S/c1-16(25,10-27(26)14-4-2-3-7-22-14)15(24)23-12-6-5-11(9-21)13(8-12)17(18,19)20/h2-8,25H,10H2,1H3,(H,23,24). The molecule has 1 amide bonds. The number of nitrogens with zero attached hydrogens (tertiary/aromatic N) is 2. The Morgan fingerprint density at radius 2 is 2.04 bits per heavy atom. The van der Waals surface area contributed by atoms with E-state index in [9.17, 15) is 27.3 Å². The van der Waals surface area contributed by atoms with Crippen LogP contribution in [0, 0.1) is 11.3 Å². The Labute approximate surface area is 155 Å². The fourth-order valence-electron chi connectivity index (χ4n) is 2.10. The molecule has 2 rings (SSSR count). The molecule has 0 aliphatic carbocycles. The highest BCUT2D eigenvalue weighted by Crippen LogP contribution is 2.33. The maximum absolute atomic E-state index is 13.0. The number of carbonyl (C=O) groups excluding carboxylic acids is 1. The molecule has 0 aliphatic rings. The molecule has 0 saturated carbocycles. The van der Waals surface area contributed by atoms with Gasteiger partial charge in [0.2, 0.25) is 0 Å². The van der Waals surface area contributed by atoms with Crippen molar-refractivity contribution in [2.45, 2.75) is 23.7 Å². The average Bonchev–Trinajstić information content (AvgIpc) is 2.61. The van der Waals surface area contributed by atoms with Crippen molar-refractivity contribution in [1.29, 1.82) is 5.26 Å². The van der Waals surface area contributed by atoms with E-state index in [2.05, 4.69) is 10.3 Å². The summed E-state index contributed by atoms with van der Waals surface area (Å²) in [6.45, 7) is 1.09. The number of anilines is 1. The van der Waals surface area contributed by atoms with Crippen LogP contribution >= 0.6 is 0 Å². The van der Waals surface area contributed by atoms with E-state index in [0.29, 0.717) is 6.07 Å². The second kappa shape index (κ2) is 7.85. The Morgan fingerprint density at radius 3 is 2.59 bits per heavy atom. The van der Waals surface area contributed by atoms with E-state index < -0.39 is 45.4 Å². The van der Waals surface area contributed by atoms with Gasteiger partial charge >= 0.3 is 6.18 Å². The maximum Gasteiger partial charge on any atom is 0.417 e. The van der Waals surface area contributed by atoms with Crippen molar-refractivity contribution in [2.24, 2.45) is 0 Å². The molecule has 1 aromatic carbocycles. The molecule has 2 aromatic rings. The molecule has 10 heteroatoms. The number of carbonyl (C=O) groups is 1.